The molecule has 2 aromatic rings. The lowest BCUT2D eigenvalue weighted by atomic mass is 10.2. The summed E-state index contributed by atoms with van der Waals surface area (Å²) in [5.41, 5.74) is 7.20. The van der Waals surface area contributed by atoms with Gasteiger partial charge in [-0.2, -0.15) is 4.31 Å². The normalized spacial score (nSPS) is 11.8. The zero-order valence-electron chi connectivity index (χ0n) is 11.7. The lowest BCUT2D eigenvalue weighted by Crippen LogP contribution is -2.30. The van der Waals surface area contributed by atoms with Gasteiger partial charge in [0.05, 0.1) is 4.90 Å². The van der Waals surface area contributed by atoms with Crippen LogP contribution in [0.25, 0.3) is 0 Å². The van der Waals surface area contributed by atoms with Gasteiger partial charge in [0.15, 0.2) is 0 Å². The van der Waals surface area contributed by atoms with Crippen molar-refractivity contribution in [1.82, 2.24) is 4.31 Å². The van der Waals surface area contributed by atoms with E-state index in [9.17, 15) is 8.42 Å². The molecule has 0 saturated carbocycles. The molecule has 2 rings (SSSR count). The number of nitrogen functional groups attached to an aromatic ring is 1. The molecule has 0 unspecified atom stereocenters. The Bertz CT molecular complexity index is 715. The van der Waals surface area contributed by atoms with Crippen LogP contribution in [0.2, 0.25) is 5.02 Å². The summed E-state index contributed by atoms with van der Waals surface area (Å²) in [6.45, 7) is 2.46. The fraction of sp³-hybridized carbons (Fsp3) is 0.200. The number of benzene rings is 2. The fourth-order valence-corrected chi connectivity index (χ4v) is 3.58. The van der Waals surface area contributed by atoms with Crippen molar-refractivity contribution in [1.29, 1.82) is 0 Å². The fourth-order valence-electron chi connectivity index (χ4n) is 2.02. The van der Waals surface area contributed by atoms with E-state index in [-0.39, 0.29) is 11.4 Å². The molecule has 2 aromatic carbocycles. The van der Waals surface area contributed by atoms with Gasteiger partial charge < -0.3 is 5.73 Å². The summed E-state index contributed by atoms with van der Waals surface area (Å²) < 4.78 is 26.6. The highest BCUT2D eigenvalue weighted by Crippen LogP contribution is 2.20. The predicted octanol–water partition coefficient (Wildman–Crippen LogP) is 3.13. The van der Waals surface area contributed by atoms with E-state index in [1.54, 1.807) is 31.2 Å². The van der Waals surface area contributed by atoms with Crippen LogP contribution in [0.5, 0.6) is 0 Å². The summed E-state index contributed by atoms with van der Waals surface area (Å²) in [5, 5.41) is 0.507. The zero-order valence-corrected chi connectivity index (χ0v) is 13.2. The summed E-state index contributed by atoms with van der Waals surface area (Å²) in [7, 11) is -3.55. The third kappa shape index (κ3) is 3.75. The van der Waals surface area contributed by atoms with E-state index in [0.29, 0.717) is 17.3 Å². The Kier molecular flexibility index (Phi) is 4.88. The highest BCUT2D eigenvalue weighted by Gasteiger charge is 2.23. The quantitative estimate of drug-likeness (QED) is 0.859. The molecular formula is C15H17ClN2O2S. The second-order valence-corrected chi connectivity index (χ2v) is 7.00. The second-order valence-electron chi connectivity index (χ2n) is 4.63. The molecule has 0 aliphatic carbocycles. The largest absolute Gasteiger partial charge is 0.399 e. The Balaban J connectivity index is 2.29. The maximum Gasteiger partial charge on any atom is 0.243 e. The molecule has 21 heavy (non-hydrogen) atoms. The van der Waals surface area contributed by atoms with E-state index in [2.05, 4.69) is 0 Å². The molecule has 0 fully saturated rings. The number of hydrogen-bond acceptors (Lipinski definition) is 3. The molecule has 0 aliphatic heterocycles. The molecule has 0 saturated heterocycles. The van der Waals surface area contributed by atoms with E-state index < -0.39 is 10.0 Å². The Morgan fingerprint density at radius 2 is 1.81 bits per heavy atom. The van der Waals surface area contributed by atoms with Crippen LogP contribution in [0.15, 0.2) is 53.4 Å². The van der Waals surface area contributed by atoms with Crippen LogP contribution in [-0.2, 0) is 16.6 Å². The van der Waals surface area contributed by atoms with Gasteiger partial charge in [-0.15, -0.1) is 0 Å². The Morgan fingerprint density at radius 1 is 1.14 bits per heavy atom. The minimum Gasteiger partial charge on any atom is -0.399 e. The number of rotatable bonds is 5. The highest BCUT2D eigenvalue weighted by molar-refractivity contribution is 7.89. The Hall–Kier alpha value is -1.56. The first-order valence-electron chi connectivity index (χ1n) is 6.53. The molecule has 0 atom stereocenters. The van der Waals surface area contributed by atoms with Gasteiger partial charge in [0.2, 0.25) is 10.0 Å². The van der Waals surface area contributed by atoms with Crippen LogP contribution in [0.3, 0.4) is 0 Å². The van der Waals surface area contributed by atoms with E-state index >= 15 is 0 Å². The smallest absolute Gasteiger partial charge is 0.243 e. The Labute approximate surface area is 130 Å². The van der Waals surface area contributed by atoms with Gasteiger partial charge in [-0.1, -0.05) is 30.7 Å². The van der Waals surface area contributed by atoms with Crippen molar-refractivity contribution in [3.63, 3.8) is 0 Å². The molecule has 0 amide bonds. The average Bonchev–Trinajstić information content (AvgIpc) is 2.45. The van der Waals surface area contributed by atoms with Crippen molar-refractivity contribution < 1.29 is 8.42 Å². The number of halogens is 1. The summed E-state index contributed by atoms with van der Waals surface area (Å²) >= 11 is 5.80. The van der Waals surface area contributed by atoms with Crippen molar-refractivity contribution in [2.24, 2.45) is 0 Å². The van der Waals surface area contributed by atoms with Crippen molar-refractivity contribution in [2.75, 3.05) is 12.3 Å². The summed E-state index contributed by atoms with van der Waals surface area (Å²) in [6, 6.07) is 13.4. The summed E-state index contributed by atoms with van der Waals surface area (Å²) in [6.07, 6.45) is 0. The molecule has 6 heteroatoms. The van der Waals surface area contributed by atoms with Crippen LogP contribution in [-0.4, -0.2) is 19.3 Å². The van der Waals surface area contributed by atoms with E-state index in [1.165, 1.54) is 16.4 Å². The van der Waals surface area contributed by atoms with Crippen LogP contribution in [0.4, 0.5) is 5.69 Å². The lowest BCUT2D eigenvalue weighted by molar-refractivity contribution is 0.423. The minimum atomic E-state index is -3.55. The van der Waals surface area contributed by atoms with Crippen LogP contribution >= 0.6 is 11.6 Å². The van der Waals surface area contributed by atoms with Crippen LogP contribution in [0, 0.1) is 0 Å². The number of nitrogens with zero attached hydrogens (tertiary/aromatic N) is 1. The summed E-state index contributed by atoms with van der Waals surface area (Å²) in [5.74, 6) is 0. The molecule has 0 aliphatic rings. The van der Waals surface area contributed by atoms with Crippen molar-refractivity contribution >= 4 is 27.3 Å². The van der Waals surface area contributed by atoms with Gasteiger partial charge in [-0.25, -0.2) is 8.42 Å². The molecular weight excluding hydrogens is 308 g/mol. The van der Waals surface area contributed by atoms with Gasteiger partial charge >= 0.3 is 0 Å². The number of hydrogen-bond donors (Lipinski definition) is 1. The molecule has 0 heterocycles. The van der Waals surface area contributed by atoms with E-state index in [0.717, 1.165) is 5.56 Å². The molecule has 0 radical (unpaired) electrons. The number of nitrogens with two attached hydrogens (primary N) is 1. The SMILES string of the molecule is CCN(Cc1cccc(N)c1)S(=O)(=O)c1ccc(Cl)cc1. The van der Waals surface area contributed by atoms with Crippen molar-refractivity contribution in [3.8, 4) is 0 Å². The standard InChI is InChI=1S/C15H17ClN2O2S/c1-2-18(11-12-4-3-5-14(17)10-12)21(19,20)15-8-6-13(16)7-9-15/h3-10H,2,11,17H2,1H3. The lowest BCUT2D eigenvalue weighted by Gasteiger charge is -2.20. The van der Waals surface area contributed by atoms with Crippen LogP contribution in [0.1, 0.15) is 12.5 Å². The van der Waals surface area contributed by atoms with E-state index in [1.807, 2.05) is 12.1 Å². The number of anilines is 1. The highest BCUT2D eigenvalue weighted by atomic mass is 35.5. The topological polar surface area (TPSA) is 63.4 Å². The molecule has 0 spiro atoms. The van der Waals surface area contributed by atoms with Gasteiger partial charge in [0.25, 0.3) is 0 Å². The second kappa shape index (κ2) is 6.47. The zero-order chi connectivity index (χ0) is 15.5. The third-order valence-electron chi connectivity index (χ3n) is 3.11. The molecule has 4 nitrogen and oxygen atoms in total. The monoisotopic (exact) mass is 324 g/mol. The predicted molar refractivity (Wildman–Crippen MR) is 85.6 cm³/mol. The average molecular weight is 325 g/mol. The van der Waals surface area contributed by atoms with Gasteiger partial charge in [0.1, 0.15) is 0 Å². The first-order valence-corrected chi connectivity index (χ1v) is 8.35. The van der Waals surface area contributed by atoms with Gasteiger partial charge in [-0.05, 0) is 42.0 Å². The van der Waals surface area contributed by atoms with Gasteiger partial charge in [-0.3, -0.25) is 0 Å². The minimum absolute atomic E-state index is 0.234. The molecule has 0 bridgehead atoms. The Morgan fingerprint density at radius 3 is 2.38 bits per heavy atom. The molecule has 0 aromatic heterocycles. The maximum atomic E-state index is 12.6. The molecule has 112 valence electrons. The van der Waals surface area contributed by atoms with Crippen molar-refractivity contribution in [3.05, 3.63) is 59.1 Å². The first-order chi connectivity index (χ1) is 9.93. The van der Waals surface area contributed by atoms with Crippen LogP contribution < -0.4 is 5.73 Å². The third-order valence-corrected chi connectivity index (χ3v) is 5.30. The summed E-state index contributed by atoms with van der Waals surface area (Å²) in [4.78, 5) is 0.234. The first kappa shape index (κ1) is 15.8. The van der Waals surface area contributed by atoms with E-state index in [4.69, 9.17) is 17.3 Å². The maximum absolute atomic E-state index is 12.6. The van der Waals surface area contributed by atoms with Crippen molar-refractivity contribution in [2.45, 2.75) is 18.4 Å². The van der Waals surface area contributed by atoms with Gasteiger partial charge in [0, 0.05) is 23.8 Å². The number of sulfonamides is 1. The molecule has 2 N–H and O–H groups in total.